The van der Waals surface area contributed by atoms with Crippen molar-refractivity contribution in [1.29, 1.82) is 0 Å². The summed E-state index contributed by atoms with van der Waals surface area (Å²) in [6.07, 6.45) is 10.1. The first-order valence-corrected chi connectivity index (χ1v) is 6.13. The summed E-state index contributed by atoms with van der Waals surface area (Å²) in [6.45, 7) is 2.30. The summed E-state index contributed by atoms with van der Waals surface area (Å²) in [5.74, 6) is 6.71. The first-order chi connectivity index (χ1) is 7.83. The lowest BCUT2D eigenvalue weighted by Gasteiger charge is -2.08. The van der Waals surface area contributed by atoms with Crippen molar-refractivity contribution in [2.24, 2.45) is 5.92 Å². The van der Waals surface area contributed by atoms with Gasteiger partial charge in [-0.25, -0.2) is 0 Å². The zero-order chi connectivity index (χ0) is 11.6. The normalized spacial score (nSPS) is 18.7. The van der Waals surface area contributed by atoms with E-state index in [-0.39, 0.29) is 5.97 Å². The molecule has 0 radical (unpaired) electrons. The Kier molecular flexibility index (Phi) is 6.41. The molecule has 16 heavy (non-hydrogen) atoms. The first kappa shape index (κ1) is 12.8. The van der Waals surface area contributed by atoms with E-state index in [9.17, 15) is 4.79 Å². The number of hydrogen-bond acceptors (Lipinski definition) is 2. The van der Waals surface area contributed by atoms with Gasteiger partial charge in [-0.3, -0.25) is 4.79 Å². The van der Waals surface area contributed by atoms with Crippen molar-refractivity contribution in [3.63, 3.8) is 0 Å². The molecule has 0 saturated heterocycles. The molecule has 88 valence electrons. The van der Waals surface area contributed by atoms with Crippen LogP contribution in [0.3, 0.4) is 0 Å². The number of carbonyl (C=O) groups is 1. The third kappa shape index (κ3) is 5.60. The van der Waals surface area contributed by atoms with E-state index in [1.54, 1.807) is 0 Å². The Bertz CT molecular complexity index is 294. The summed E-state index contributed by atoms with van der Waals surface area (Å²) >= 11 is 0. The highest BCUT2D eigenvalue weighted by molar-refractivity contribution is 5.69. The molecule has 0 bridgehead atoms. The number of hydrogen-bond donors (Lipinski definition) is 0. The minimum Gasteiger partial charge on any atom is -0.466 e. The van der Waals surface area contributed by atoms with Gasteiger partial charge < -0.3 is 4.74 Å². The molecule has 0 amide bonds. The van der Waals surface area contributed by atoms with E-state index < -0.39 is 0 Å². The molecule has 0 aromatic carbocycles. The number of esters is 1. The van der Waals surface area contributed by atoms with E-state index in [1.807, 2.05) is 6.92 Å². The van der Waals surface area contributed by atoms with Crippen LogP contribution >= 0.6 is 0 Å². The number of carbonyl (C=O) groups excluding carboxylic acids is 1. The Morgan fingerprint density at radius 3 is 3.12 bits per heavy atom. The first-order valence-electron chi connectivity index (χ1n) is 6.13. The lowest BCUT2D eigenvalue weighted by Crippen LogP contribution is -2.02. The van der Waals surface area contributed by atoms with E-state index in [2.05, 4.69) is 24.0 Å². The smallest absolute Gasteiger partial charge is 0.305 e. The maximum atomic E-state index is 11.0. The van der Waals surface area contributed by atoms with Crippen LogP contribution in [-0.2, 0) is 9.53 Å². The van der Waals surface area contributed by atoms with Crippen LogP contribution in [0, 0.1) is 17.8 Å². The number of unbranched alkanes of at least 4 members (excludes halogenated alkanes) is 1. The minimum atomic E-state index is -0.109. The van der Waals surface area contributed by atoms with Crippen LogP contribution in [0.4, 0.5) is 0 Å². The van der Waals surface area contributed by atoms with Crippen LogP contribution in [0.1, 0.15) is 45.4 Å². The van der Waals surface area contributed by atoms with Crippen LogP contribution in [-0.4, -0.2) is 12.6 Å². The molecule has 0 spiro atoms. The predicted octanol–water partition coefficient (Wildman–Crippen LogP) is 3.08. The fourth-order valence-electron chi connectivity index (χ4n) is 1.69. The maximum absolute atomic E-state index is 11.0. The fraction of sp³-hybridized carbons (Fsp3) is 0.643. The molecule has 1 unspecified atom stereocenters. The molecule has 2 nitrogen and oxygen atoms in total. The average Bonchev–Trinajstić information content (AvgIpc) is 2.30. The summed E-state index contributed by atoms with van der Waals surface area (Å²) in [6, 6.07) is 0. The van der Waals surface area contributed by atoms with Gasteiger partial charge >= 0.3 is 5.97 Å². The lowest BCUT2D eigenvalue weighted by molar-refractivity contribution is -0.143. The summed E-state index contributed by atoms with van der Waals surface area (Å²) in [5.41, 5.74) is 0. The van der Waals surface area contributed by atoms with Gasteiger partial charge in [0, 0.05) is 18.8 Å². The van der Waals surface area contributed by atoms with E-state index >= 15 is 0 Å². The average molecular weight is 220 g/mol. The molecule has 1 aliphatic rings. The van der Waals surface area contributed by atoms with Gasteiger partial charge in [0.2, 0.25) is 0 Å². The second-order valence-corrected chi connectivity index (χ2v) is 3.95. The van der Waals surface area contributed by atoms with Gasteiger partial charge in [0.1, 0.15) is 0 Å². The highest BCUT2D eigenvalue weighted by Gasteiger charge is 2.03. The number of ether oxygens (including phenoxy) is 1. The predicted molar refractivity (Wildman–Crippen MR) is 64.7 cm³/mol. The zero-order valence-corrected chi connectivity index (χ0v) is 10.00. The van der Waals surface area contributed by atoms with Gasteiger partial charge in [-0.1, -0.05) is 18.1 Å². The monoisotopic (exact) mass is 220 g/mol. The van der Waals surface area contributed by atoms with E-state index in [4.69, 9.17) is 4.74 Å². The SMILES string of the molecule is CCOC(=O)CCCC#CC1C=CCCC1. The zero-order valence-electron chi connectivity index (χ0n) is 10.00. The quantitative estimate of drug-likeness (QED) is 0.315. The Hall–Kier alpha value is -1.23. The van der Waals surface area contributed by atoms with Gasteiger partial charge in [0.05, 0.1) is 6.61 Å². The van der Waals surface area contributed by atoms with E-state index in [0.717, 1.165) is 12.8 Å². The Balaban J connectivity index is 2.10. The molecule has 1 atom stereocenters. The molecule has 0 saturated carbocycles. The summed E-state index contributed by atoms with van der Waals surface area (Å²) < 4.78 is 4.84. The van der Waals surface area contributed by atoms with Crippen molar-refractivity contribution in [2.75, 3.05) is 6.61 Å². The molecular formula is C14H20O2. The second kappa shape index (κ2) is 7.98. The molecule has 0 aromatic heterocycles. The van der Waals surface area contributed by atoms with Crippen molar-refractivity contribution in [1.82, 2.24) is 0 Å². The molecule has 0 fully saturated rings. The topological polar surface area (TPSA) is 26.3 Å². The molecule has 2 heteroatoms. The van der Waals surface area contributed by atoms with Crippen molar-refractivity contribution < 1.29 is 9.53 Å². The van der Waals surface area contributed by atoms with Crippen molar-refractivity contribution in [3.05, 3.63) is 12.2 Å². The van der Waals surface area contributed by atoms with Crippen molar-refractivity contribution in [2.45, 2.75) is 45.4 Å². The maximum Gasteiger partial charge on any atom is 0.305 e. The summed E-state index contributed by atoms with van der Waals surface area (Å²) in [7, 11) is 0. The Morgan fingerprint density at radius 1 is 1.56 bits per heavy atom. The highest BCUT2D eigenvalue weighted by atomic mass is 16.5. The van der Waals surface area contributed by atoms with Gasteiger partial charge in [-0.05, 0) is 32.6 Å². The molecule has 0 N–H and O–H groups in total. The van der Waals surface area contributed by atoms with Crippen LogP contribution in [0.25, 0.3) is 0 Å². The molecular weight excluding hydrogens is 200 g/mol. The molecule has 1 rings (SSSR count). The van der Waals surface area contributed by atoms with Crippen molar-refractivity contribution in [3.8, 4) is 11.8 Å². The molecule has 0 aromatic rings. The lowest BCUT2D eigenvalue weighted by atomic mass is 9.96. The molecule has 0 aliphatic heterocycles. The van der Waals surface area contributed by atoms with Crippen LogP contribution in [0.15, 0.2) is 12.2 Å². The van der Waals surface area contributed by atoms with Gasteiger partial charge in [-0.2, -0.15) is 0 Å². The van der Waals surface area contributed by atoms with Gasteiger partial charge in [0.15, 0.2) is 0 Å². The Morgan fingerprint density at radius 2 is 2.44 bits per heavy atom. The number of allylic oxidation sites excluding steroid dienone is 2. The van der Waals surface area contributed by atoms with Crippen molar-refractivity contribution >= 4 is 5.97 Å². The molecule has 1 aliphatic carbocycles. The van der Waals surface area contributed by atoms with Crippen LogP contribution in [0.2, 0.25) is 0 Å². The Labute approximate surface area is 98.1 Å². The largest absolute Gasteiger partial charge is 0.466 e. The third-order valence-electron chi connectivity index (χ3n) is 2.53. The van der Waals surface area contributed by atoms with Crippen LogP contribution in [0.5, 0.6) is 0 Å². The minimum absolute atomic E-state index is 0.109. The van der Waals surface area contributed by atoms with E-state index in [0.29, 0.717) is 18.9 Å². The fourth-order valence-corrected chi connectivity index (χ4v) is 1.69. The van der Waals surface area contributed by atoms with Gasteiger partial charge in [0.25, 0.3) is 0 Å². The molecule has 0 heterocycles. The summed E-state index contributed by atoms with van der Waals surface area (Å²) in [4.78, 5) is 11.0. The standard InChI is InChI=1S/C14H20O2/c1-2-16-14(15)12-8-4-7-11-13-9-5-3-6-10-13/h5,9,13H,2-4,6,8,10,12H2,1H3. The van der Waals surface area contributed by atoms with Gasteiger partial charge in [-0.15, -0.1) is 5.92 Å². The third-order valence-corrected chi connectivity index (χ3v) is 2.53. The number of rotatable bonds is 4. The summed E-state index contributed by atoms with van der Waals surface area (Å²) in [5, 5.41) is 0. The van der Waals surface area contributed by atoms with Crippen LogP contribution < -0.4 is 0 Å². The van der Waals surface area contributed by atoms with E-state index in [1.165, 1.54) is 19.3 Å². The second-order valence-electron chi connectivity index (χ2n) is 3.95. The highest BCUT2D eigenvalue weighted by Crippen LogP contribution is 2.15.